The maximum atomic E-state index is 12.0. The zero-order valence-electron chi connectivity index (χ0n) is 9.66. The van der Waals surface area contributed by atoms with E-state index in [2.05, 4.69) is 32.9 Å². The molecule has 0 aliphatic carbocycles. The maximum absolute atomic E-state index is 12.0. The molecule has 1 amide bonds. The van der Waals surface area contributed by atoms with Crippen LogP contribution in [0.4, 0.5) is 5.69 Å². The summed E-state index contributed by atoms with van der Waals surface area (Å²) in [7, 11) is 0. The van der Waals surface area contributed by atoms with Crippen molar-refractivity contribution in [3.05, 3.63) is 61.6 Å². The van der Waals surface area contributed by atoms with Crippen LogP contribution in [0.5, 0.6) is 0 Å². The molecular formula is C13H11IN2O2. The van der Waals surface area contributed by atoms with Gasteiger partial charge in [0.2, 0.25) is 5.56 Å². The van der Waals surface area contributed by atoms with Crippen LogP contribution in [0.1, 0.15) is 15.9 Å². The fraction of sp³-hybridized carbons (Fsp3) is 0.0769. The van der Waals surface area contributed by atoms with Crippen LogP contribution in [0.25, 0.3) is 0 Å². The molecule has 0 aliphatic rings. The van der Waals surface area contributed by atoms with Gasteiger partial charge in [-0.2, -0.15) is 0 Å². The number of amides is 1. The van der Waals surface area contributed by atoms with Crippen LogP contribution in [0.3, 0.4) is 0 Å². The second-order valence-electron chi connectivity index (χ2n) is 3.81. The number of nitrogens with one attached hydrogen (secondary N) is 2. The van der Waals surface area contributed by atoms with Crippen molar-refractivity contribution in [2.24, 2.45) is 0 Å². The number of H-pyrrole nitrogens is 1. The predicted octanol–water partition coefficient (Wildman–Crippen LogP) is 2.54. The second kappa shape index (κ2) is 5.34. The van der Waals surface area contributed by atoms with Gasteiger partial charge in [-0.15, -0.1) is 0 Å². The third-order valence-electron chi connectivity index (χ3n) is 2.55. The van der Waals surface area contributed by atoms with Crippen molar-refractivity contribution in [1.29, 1.82) is 0 Å². The number of aromatic amines is 1. The van der Waals surface area contributed by atoms with E-state index in [1.54, 1.807) is 6.07 Å². The summed E-state index contributed by atoms with van der Waals surface area (Å²) in [4.78, 5) is 25.6. The van der Waals surface area contributed by atoms with Crippen molar-refractivity contribution < 1.29 is 4.79 Å². The van der Waals surface area contributed by atoms with E-state index < -0.39 is 0 Å². The van der Waals surface area contributed by atoms with Crippen molar-refractivity contribution in [1.82, 2.24) is 4.98 Å². The molecule has 1 heterocycles. The zero-order valence-corrected chi connectivity index (χ0v) is 11.8. The molecule has 2 aromatic rings. The quantitative estimate of drug-likeness (QED) is 0.815. The summed E-state index contributed by atoms with van der Waals surface area (Å²) < 4.78 is 1.08. The molecule has 4 nitrogen and oxygen atoms in total. The Bertz CT molecular complexity index is 649. The van der Waals surface area contributed by atoms with Gasteiger partial charge < -0.3 is 10.3 Å². The summed E-state index contributed by atoms with van der Waals surface area (Å²) in [5, 5.41) is 2.80. The third-order valence-corrected chi connectivity index (χ3v) is 3.72. The van der Waals surface area contributed by atoms with Gasteiger partial charge in [-0.05, 0) is 53.3 Å². The standard InChI is InChI=1S/C13H11IN2O2/c1-8-10(14)3-2-4-11(8)16-13(18)9-5-6-15-12(17)7-9/h2-7H,1H3,(H,15,17)(H,16,18). The first-order valence-electron chi connectivity index (χ1n) is 5.33. The van der Waals surface area contributed by atoms with E-state index in [9.17, 15) is 9.59 Å². The SMILES string of the molecule is Cc1c(I)cccc1NC(=O)c1cc[nH]c(=O)c1. The highest BCUT2D eigenvalue weighted by Gasteiger charge is 2.08. The van der Waals surface area contributed by atoms with E-state index in [-0.39, 0.29) is 11.5 Å². The normalized spacial score (nSPS) is 10.1. The number of carbonyl (C=O) groups excluding carboxylic acids is 1. The second-order valence-corrected chi connectivity index (χ2v) is 4.97. The zero-order chi connectivity index (χ0) is 13.1. The summed E-state index contributed by atoms with van der Waals surface area (Å²) in [6, 6.07) is 8.53. The van der Waals surface area contributed by atoms with E-state index in [0.717, 1.165) is 14.8 Å². The lowest BCUT2D eigenvalue weighted by Gasteiger charge is -2.09. The first-order chi connectivity index (χ1) is 8.58. The molecule has 18 heavy (non-hydrogen) atoms. The number of benzene rings is 1. The largest absolute Gasteiger partial charge is 0.329 e. The van der Waals surface area contributed by atoms with E-state index in [1.807, 2.05) is 25.1 Å². The van der Waals surface area contributed by atoms with Crippen LogP contribution in [-0.2, 0) is 0 Å². The molecule has 0 spiro atoms. The number of pyridine rings is 1. The summed E-state index contributed by atoms with van der Waals surface area (Å²) in [6.45, 7) is 1.94. The minimum absolute atomic E-state index is 0.286. The van der Waals surface area contributed by atoms with Crippen LogP contribution in [0.15, 0.2) is 41.3 Å². The van der Waals surface area contributed by atoms with Crippen molar-refractivity contribution in [2.75, 3.05) is 5.32 Å². The molecule has 1 aromatic heterocycles. The number of hydrogen-bond acceptors (Lipinski definition) is 2. The molecule has 1 aromatic carbocycles. The Balaban J connectivity index is 2.27. The van der Waals surface area contributed by atoms with Gasteiger partial charge in [0.25, 0.3) is 5.91 Å². The van der Waals surface area contributed by atoms with Crippen LogP contribution < -0.4 is 10.9 Å². The number of anilines is 1. The molecule has 5 heteroatoms. The van der Waals surface area contributed by atoms with Crippen molar-refractivity contribution in [2.45, 2.75) is 6.92 Å². The van der Waals surface area contributed by atoms with Crippen LogP contribution in [-0.4, -0.2) is 10.9 Å². The highest BCUT2D eigenvalue weighted by atomic mass is 127. The van der Waals surface area contributed by atoms with E-state index in [1.165, 1.54) is 12.3 Å². The topological polar surface area (TPSA) is 62.0 Å². The molecule has 2 N–H and O–H groups in total. The van der Waals surface area contributed by atoms with Gasteiger partial charge in [-0.25, -0.2) is 0 Å². The van der Waals surface area contributed by atoms with Crippen molar-refractivity contribution in [3.8, 4) is 0 Å². The Labute approximate surface area is 118 Å². The molecule has 92 valence electrons. The van der Waals surface area contributed by atoms with Gasteiger partial charge >= 0.3 is 0 Å². The van der Waals surface area contributed by atoms with Crippen LogP contribution in [0, 0.1) is 10.5 Å². The van der Waals surface area contributed by atoms with Crippen molar-refractivity contribution in [3.63, 3.8) is 0 Å². The minimum Gasteiger partial charge on any atom is -0.329 e. The summed E-state index contributed by atoms with van der Waals surface area (Å²) in [6.07, 6.45) is 1.46. The van der Waals surface area contributed by atoms with Crippen molar-refractivity contribution >= 4 is 34.2 Å². The van der Waals surface area contributed by atoms with E-state index in [0.29, 0.717) is 5.56 Å². The highest BCUT2D eigenvalue weighted by Crippen LogP contribution is 2.20. The van der Waals surface area contributed by atoms with Gasteiger partial charge in [0.1, 0.15) is 0 Å². The van der Waals surface area contributed by atoms with Crippen LogP contribution in [0.2, 0.25) is 0 Å². The minimum atomic E-state index is -0.290. The average Bonchev–Trinajstić information content (AvgIpc) is 2.35. The maximum Gasteiger partial charge on any atom is 0.255 e. The lowest BCUT2D eigenvalue weighted by atomic mass is 10.2. The predicted molar refractivity (Wildman–Crippen MR) is 78.9 cm³/mol. The van der Waals surface area contributed by atoms with E-state index in [4.69, 9.17) is 0 Å². The Kier molecular flexibility index (Phi) is 3.81. The number of carbonyl (C=O) groups is 1. The molecule has 2 rings (SSSR count). The van der Waals surface area contributed by atoms with Crippen LogP contribution >= 0.6 is 22.6 Å². The fourth-order valence-electron chi connectivity index (χ4n) is 1.52. The summed E-state index contributed by atoms with van der Waals surface area (Å²) >= 11 is 2.21. The third kappa shape index (κ3) is 2.79. The Morgan fingerprint density at radius 3 is 2.83 bits per heavy atom. The first-order valence-corrected chi connectivity index (χ1v) is 6.41. The molecule has 0 atom stereocenters. The van der Waals surface area contributed by atoms with Gasteiger partial charge in [-0.1, -0.05) is 6.07 Å². The van der Waals surface area contributed by atoms with Gasteiger partial charge in [0, 0.05) is 27.1 Å². The number of rotatable bonds is 2. The Hall–Kier alpha value is -1.63. The van der Waals surface area contributed by atoms with Gasteiger partial charge in [0.05, 0.1) is 0 Å². The van der Waals surface area contributed by atoms with Gasteiger partial charge in [0.15, 0.2) is 0 Å². The number of hydrogen-bond donors (Lipinski definition) is 2. The molecular weight excluding hydrogens is 343 g/mol. The molecule has 0 saturated heterocycles. The smallest absolute Gasteiger partial charge is 0.255 e. The summed E-state index contributed by atoms with van der Waals surface area (Å²) in [5.41, 5.74) is 1.82. The Morgan fingerprint density at radius 1 is 1.33 bits per heavy atom. The lowest BCUT2D eigenvalue weighted by molar-refractivity contribution is 0.102. The molecule has 0 saturated carbocycles. The number of halogens is 1. The molecule has 0 aliphatic heterocycles. The van der Waals surface area contributed by atoms with Gasteiger partial charge in [-0.3, -0.25) is 9.59 Å². The highest BCUT2D eigenvalue weighted by molar-refractivity contribution is 14.1. The van der Waals surface area contributed by atoms with E-state index >= 15 is 0 Å². The molecule has 0 unspecified atom stereocenters. The number of aromatic nitrogens is 1. The average molecular weight is 354 g/mol. The fourth-order valence-corrected chi connectivity index (χ4v) is 2.02. The molecule has 0 fully saturated rings. The lowest BCUT2D eigenvalue weighted by Crippen LogP contribution is -2.16. The Morgan fingerprint density at radius 2 is 2.11 bits per heavy atom. The molecule has 0 radical (unpaired) electrons. The summed E-state index contributed by atoms with van der Waals surface area (Å²) in [5.74, 6) is -0.286. The molecule has 0 bridgehead atoms. The first kappa shape index (κ1) is 12.8. The monoisotopic (exact) mass is 354 g/mol.